The third-order valence-corrected chi connectivity index (χ3v) is 3.95. The van der Waals surface area contributed by atoms with Gasteiger partial charge in [-0.3, -0.25) is 0 Å². The van der Waals surface area contributed by atoms with Crippen LogP contribution in [0.2, 0.25) is 0 Å². The SMILES string of the molecule is Cc1nc(C2CCC(C)C2)nc(F)c1Br. The third kappa shape index (κ3) is 2.19. The molecule has 0 saturated heterocycles. The van der Waals surface area contributed by atoms with E-state index < -0.39 is 5.95 Å². The molecule has 2 rings (SSSR count). The first kappa shape index (κ1) is 11.0. The van der Waals surface area contributed by atoms with Crippen molar-refractivity contribution in [3.05, 3.63) is 21.9 Å². The second-order valence-electron chi connectivity index (χ2n) is 4.39. The van der Waals surface area contributed by atoms with Crippen molar-refractivity contribution in [2.24, 2.45) is 5.92 Å². The second-order valence-corrected chi connectivity index (χ2v) is 5.18. The molecule has 82 valence electrons. The van der Waals surface area contributed by atoms with Gasteiger partial charge in [0.05, 0.1) is 10.2 Å². The van der Waals surface area contributed by atoms with E-state index in [0.29, 0.717) is 27.8 Å². The quantitative estimate of drug-likeness (QED) is 0.731. The molecule has 4 heteroatoms. The zero-order chi connectivity index (χ0) is 11.0. The van der Waals surface area contributed by atoms with E-state index in [1.807, 2.05) is 0 Å². The number of halogens is 2. The molecule has 2 atom stereocenters. The minimum atomic E-state index is -0.433. The van der Waals surface area contributed by atoms with Gasteiger partial charge in [-0.15, -0.1) is 0 Å². The minimum Gasteiger partial charge on any atom is -0.237 e. The van der Waals surface area contributed by atoms with Crippen LogP contribution in [0.4, 0.5) is 4.39 Å². The van der Waals surface area contributed by atoms with E-state index in [0.717, 1.165) is 12.8 Å². The molecule has 0 radical (unpaired) electrons. The largest absolute Gasteiger partial charge is 0.237 e. The summed E-state index contributed by atoms with van der Waals surface area (Å²) in [4.78, 5) is 8.28. The summed E-state index contributed by atoms with van der Waals surface area (Å²) in [6.45, 7) is 4.03. The van der Waals surface area contributed by atoms with E-state index in [2.05, 4.69) is 32.8 Å². The molecule has 0 aromatic carbocycles. The maximum absolute atomic E-state index is 13.4. The van der Waals surface area contributed by atoms with Crippen LogP contribution in [0.5, 0.6) is 0 Å². The van der Waals surface area contributed by atoms with Gasteiger partial charge in [0.1, 0.15) is 5.82 Å². The summed E-state index contributed by atoms with van der Waals surface area (Å²) < 4.78 is 13.8. The number of aryl methyl sites for hydroxylation is 1. The number of rotatable bonds is 1. The summed E-state index contributed by atoms with van der Waals surface area (Å²) in [5.41, 5.74) is 0.692. The lowest BCUT2D eigenvalue weighted by molar-refractivity contribution is 0.533. The molecule has 1 aromatic heterocycles. The molecule has 2 unspecified atom stereocenters. The molecule has 2 nitrogen and oxygen atoms in total. The second kappa shape index (κ2) is 4.16. The van der Waals surface area contributed by atoms with Gasteiger partial charge in [0.25, 0.3) is 0 Å². The standard InChI is InChI=1S/C11H14BrFN2/c1-6-3-4-8(5-6)11-14-7(2)9(12)10(13)15-11/h6,8H,3-5H2,1-2H3. The Kier molecular flexibility index (Phi) is 3.05. The van der Waals surface area contributed by atoms with Crippen LogP contribution in [0.25, 0.3) is 0 Å². The highest BCUT2D eigenvalue weighted by Gasteiger charge is 2.26. The zero-order valence-electron chi connectivity index (χ0n) is 8.93. The van der Waals surface area contributed by atoms with Crippen molar-refractivity contribution >= 4 is 15.9 Å². The van der Waals surface area contributed by atoms with Crippen molar-refractivity contribution in [3.8, 4) is 0 Å². The Morgan fingerprint density at radius 2 is 2.07 bits per heavy atom. The fourth-order valence-corrected chi connectivity index (χ4v) is 2.35. The fraction of sp³-hybridized carbons (Fsp3) is 0.636. The van der Waals surface area contributed by atoms with Crippen LogP contribution in [0.3, 0.4) is 0 Å². The predicted molar refractivity (Wildman–Crippen MR) is 60.2 cm³/mol. The monoisotopic (exact) mass is 272 g/mol. The fourth-order valence-electron chi connectivity index (χ4n) is 2.17. The highest BCUT2D eigenvalue weighted by Crippen LogP contribution is 2.36. The number of hydrogen-bond acceptors (Lipinski definition) is 2. The van der Waals surface area contributed by atoms with Crippen LogP contribution in [-0.2, 0) is 0 Å². The Bertz CT molecular complexity index is 358. The molecule has 0 N–H and O–H groups in total. The molecule has 1 aliphatic carbocycles. The predicted octanol–water partition coefficient (Wildman–Crippen LogP) is 3.59. The molecule has 15 heavy (non-hydrogen) atoms. The first-order valence-electron chi connectivity index (χ1n) is 5.27. The number of hydrogen-bond donors (Lipinski definition) is 0. The molecule has 1 aromatic rings. The highest BCUT2D eigenvalue weighted by molar-refractivity contribution is 9.10. The molecule has 0 amide bonds. The lowest BCUT2D eigenvalue weighted by Crippen LogP contribution is -2.05. The van der Waals surface area contributed by atoms with Gasteiger partial charge in [-0.25, -0.2) is 9.97 Å². The first-order valence-corrected chi connectivity index (χ1v) is 6.06. The molecule has 1 heterocycles. The van der Waals surface area contributed by atoms with Crippen molar-refractivity contribution in [2.45, 2.75) is 39.0 Å². The van der Waals surface area contributed by atoms with Gasteiger partial charge in [-0.1, -0.05) is 6.92 Å². The average molecular weight is 273 g/mol. The van der Waals surface area contributed by atoms with Gasteiger partial charge in [-0.05, 0) is 48.0 Å². The summed E-state index contributed by atoms with van der Waals surface area (Å²) in [6, 6.07) is 0. The molecule has 1 fully saturated rings. The van der Waals surface area contributed by atoms with Crippen molar-refractivity contribution in [1.82, 2.24) is 9.97 Å². The summed E-state index contributed by atoms with van der Waals surface area (Å²) in [6.07, 6.45) is 3.37. The van der Waals surface area contributed by atoms with E-state index in [4.69, 9.17) is 0 Å². The average Bonchev–Trinajstić information content (AvgIpc) is 2.60. The van der Waals surface area contributed by atoms with Crippen LogP contribution in [0.1, 0.15) is 43.6 Å². The Morgan fingerprint density at radius 1 is 1.33 bits per heavy atom. The van der Waals surface area contributed by atoms with Crippen molar-refractivity contribution in [1.29, 1.82) is 0 Å². The molecular weight excluding hydrogens is 259 g/mol. The topological polar surface area (TPSA) is 25.8 Å². The smallest absolute Gasteiger partial charge is 0.230 e. The maximum atomic E-state index is 13.4. The summed E-state index contributed by atoms with van der Waals surface area (Å²) in [5.74, 6) is 1.31. The Morgan fingerprint density at radius 3 is 2.60 bits per heavy atom. The van der Waals surface area contributed by atoms with Crippen LogP contribution >= 0.6 is 15.9 Å². The van der Waals surface area contributed by atoms with Gasteiger partial charge >= 0.3 is 0 Å². The molecule has 0 bridgehead atoms. The Balaban J connectivity index is 2.29. The third-order valence-electron chi connectivity index (χ3n) is 3.05. The summed E-state index contributed by atoms with van der Waals surface area (Å²) in [5, 5.41) is 0. The first-order chi connectivity index (χ1) is 7.08. The van der Waals surface area contributed by atoms with Crippen molar-refractivity contribution in [2.75, 3.05) is 0 Å². The van der Waals surface area contributed by atoms with Crippen LogP contribution in [0.15, 0.2) is 4.47 Å². The number of nitrogens with zero attached hydrogens (tertiary/aromatic N) is 2. The highest BCUT2D eigenvalue weighted by atomic mass is 79.9. The van der Waals surface area contributed by atoms with Gasteiger partial charge < -0.3 is 0 Å². The van der Waals surface area contributed by atoms with E-state index in [-0.39, 0.29) is 0 Å². The lowest BCUT2D eigenvalue weighted by Gasteiger charge is -2.09. The van der Waals surface area contributed by atoms with E-state index >= 15 is 0 Å². The van der Waals surface area contributed by atoms with Crippen molar-refractivity contribution < 1.29 is 4.39 Å². The van der Waals surface area contributed by atoms with Gasteiger partial charge in [0, 0.05) is 5.92 Å². The van der Waals surface area contributed by atoms with Gasteiger partial charge in [-0.2, -0.15) is 4.39 Å². The normalized spacial score (nSPS) is 25.9. The van der Waals surface area contributed by atoms with E-state index in [1.54, 1.807) is 6.92 Å². The molecule has 0 aliphatic heterocycles. The van der Waals surface area contributed by atoms with E-state index in [9.17, 15) is 4.39 Å². The van der Waals surface area contributed by atoms with Crippen LogP contribution < -0.4 is 0 Å². The molecular formula is C11H14BrFN2. The number of aromatic nitrogens is 2. The maximum Gasteiger partial charge on any atom is 0.230 e. The van der Waals surface area contributed by atoms with Crippen molar-refractivity contribution in [3.63, 3.8) is 0 Å². The Hall–Kier alpha value is -0.510. The Labute approximate surface area is 97.5 Å². The minimum absolute atomic E-state index is 0.348. The van der Waals surface area contributed by atoms with Crippen LogP contribution in [-0.4, -0.2) is 9.97 Å². The van der Waals surface area contributed by atoms with E-state index in [1.165, 1.54) is 6.42 Å². The summed E-state index contributed by atoms with van der Waals surface area (Å²) in [7, 11) is 0. The molecule has 1 aliphatic rings. The zero-order valence-corrected chi connectivity index (χ0v) is 10.5. The lowest BCUT2D eigenvalue weighted by atomic mass is 10.1. The summed E-state index contributed by atoms with van der Waals surface area (Å²) >= 11 is 3.13. The molecule has 1 saturated carbocycles. The van der Waals surface area contributed by atoms with Crippen LogP contribution in [0, 0.1) is 18.8 Å². The van der Waals surface area contributed by atoms with Gasteiger partial charge in [0.15, 0.2) is 0 Å². The van der Waals surface area contributed by atoms with Gasteiger partial charge in [0.2, 0.25) is 5.95 Å². The molecule has 0 spiro atoms.